The van der Waals surface area contributed by atoms with Crippen LogP contribution in [0.4, 0.5) is 8.78 Å². The summed E-state index contributed by atoms with van der Waals surface area (Å²) < 4.78 is 28.8. The maximum atomic E-state index is 12.2. The summed E-state index contributed by atoms with van der Waals surface area (Å²) in [5, 5.41) is 16.7. The molecule has 1 aromatic rings. The zero-order valence-corrected chi connectivity index (χ0v) is 20.3. The Labute approximate surface area is 195 Å². The van der Waals surface area contributed by atoms with Gasteiger partial charge in [0.1, 0.15) is 5.75 Å². The normalized spacial score (nSPS) is 17.9. The van der Waals surface area contributed by atoms with E-state index in [9.17, 15) is 13.9 Å². The molecule has 1 fully saturated rings. The summed E-state index contributed by atoms with van der Waals surface area (Å²) >= 11 is 0. The first-order chi connectivity index (χ1) is 13.9. The Morgan fingerprint density at radius 3 is 2.43 bits per heavy atom. The number of ether oxygens (including phenoxy) is 1. The van der Waals surface area contributed by atoms with Crippen LogP contribution in [0.15, 0.2) is 29.3 Å². The van der Waals surface area contributed by atoms with Crippen molar-refractivity contribution in [2.24, 2.45) is 10.9 Å². The first-order valence-electron chi connectivity index (χ1n) is 10.4. The standard InChI is InChI=1S/C21H34F2N4O2.HI/c1-4-24-21(25-13-16(3)27-11-9-15(2)10-12-27)26-14-19(28)17-5-7-18(8-6-17)29-20(22)23;/h5-8,15-16,19-20,28H,4,9-14H2,1-3H3,(H2,24,25,26);1H. The summed E-state index contributed by atoms with van der Waals surface area (Å²) in [5.74, 6) is 1.53. The number of halogens is 3. The number of rotatable bonds is 9. The topological polar surface area (TPSA) is 69.1 Å². The minimum atomic E-state index is -2.86. The van der Waals surface area contributed by atoms with E-state index in [1.807, 2.05) is 6.92 Å². The summed E-state index contributed by atoms with van der Waals surface area (Å²) in [7, 11) is 0. The predicted octanol–water partition coefficient (Wildman–Crippen LogP) is 3.61. The molecule has 0 amide bonds. The molecule has 0 saturated carbocycles. The molecule has 0 aliphatic carbocycles. The summed E-state index contributed by atoms with van der Waals surface area (Å²) in [4.78, 5) is 7.14. The van der Waals surface area contributed by atoms with Gasteiger partial charge in [0.2, 0.25) is 0 Å². The molecule has 30 heavy (non-hydrogen) atoms. The zero-order chi connectivity index (χ0) is 21.2. The van der Waals surface area contributed by atoms with Crippen LogP contribution in [0.2, 0.25) is 0 Å². The van der Waals surface area contributed by atoms with E-state index < -0.39 is 12.7 Å². The monoisotopic (exact) mass is 540 g/mol. The highest BCUT2D eigenvalue weighted by Crippen LogP contribution is 2.19. The van der Waals surface area contributed by atoms with Crippen molar-refractivity contribution in [2.75, 3.05) is 32.7 Å². The Bertz CT molecular complexity index is 626. The number of hydrogen-bond acceptors (Lipinski definition) is 4. The summed E-state index contributed by atoms with van der Waals surface area (Å²) in [6.07, 6.45) is 1.68. The molecule has 1 aliphatic heterocycles. The lowest BCUT2D eigenvalue weighted by molar-refractivity contribution is -0.0498. The fourth-order valence-corrected chi connectivity index (χ4v) is 3.33. The van der Waals surface area contributed by atoms with Crippen molar-refractivity contribution in [2.45, 2.75) is 52.4 Å². The predicted molar refractivity (Wildman–Crippen MR) is 127 cm³/mol. The number of nitrogens with one attached hydrogen (secondary N) is 2. The third-order valence-corrected chi connectivity index (χ3v) is 5.25. The molecule has 0 aromatic heterocycles. The van der Waals surface area contributed by atoms with E-state index in [-0.39, 0.29) is 36.3 Å². The van der Waals surface area contributed by atoms with Crippen molar-refractivity contribution in [1.82, 2.24) is 15.5 Å². The van der Waals surface area contributed by atoms with Gasteiger partial charge >= 0.3 is 6.61 Å². The number of alkyl halides is 2. The molecule has 3 N–H and O–H groups in total. The van der Waals surface area contributed by atoms with Gasteiger partial charge in [-0.05, 0) is 63.4 Å². The van der Waals surface area contributed by atoms with E-state index in [0.29, 0.717) is 24.1 Å². The van der Waals surface area contributed by atoms with Crippen LogP contribution in [0.25, 0.3) is 0 Å². The average molecular weight is 540 g/mol. The number of likely N-dealkylation sites (tertiary alicyclic amines) is 1. The average Bonchev–Trinajstić information content (AvgIpc) is 2.70. The molecule has 1 aliphatic rings. The van der Waals surface area contributed by atoms with Crippen molar-refractivity contribution >= 4 is 29.9 Å². The zero-order valence-electron chi connectivity index (χ0n) is 18.0. The molecule has 172 valence electrons. The molecule has 0 radical (unpaired) electrons. The van der Waals surface area contributed by atoms with Gasteiger partial charge in [-0.1, -0.05) is 19.1 Å². The molecule has 6 nitrogen and oxygen atoms in total. The quantitative estimate of drug-likeness (QED) is 0.254. The first kappa shape index (κ1) is 26.8. The smallest absolute Gasteiger partial charge is 0.387 e. The Kier molecular flexibility index (Phi) is 12.5. The van der Waals surface area contributed by atoms with Crippen molar-refractivity contribution < 1.29 is 18.6 Å². The maximum absolute atomic E-state index is 12.2. The molecule has 1 aromatic carbocycles. The van der Waals surface area contributed by atoms with Crippen LogP contribution >= 0.6 is 24.0 Å². The second-order valence-electron chi connectivity index (χ2n) is 7.63. The minimum Gasteiger partial charge on any atom is -0.435 e. The van der Waals surface area contributed by atoms with Crippen molar-refractivity contribution in [3.8, 4) is 5.75 Å². The largest absolute Gasteiger partial charge is 0.435 e. The number of aliphatic imine (C=N–C) groups is 1. The Morgan fingerprint density at radius 2 is 1.87 bits per heavy atom. The minimum absolute atomic E-state index is 0. The van der Waals surface area contributed by atoms with Crippen molar-refractivity contribution in [3.63, 3.8) is 0 Å². The van der Waals surface area contributed by atoms with E-state index in [4.69, 9.17) is 0 Å². The highest BCUT2D eigenvalue weighted by Gasteiger charge is 2.20. The molecule has 2 atom stereocenters. The highest BCUT2D eigenvalue weighted by molar-refractivity contribution is 14.0. The first-order valence-corrected chi connectivity index (χ1v) is 10.4. The molecule has 1 heterocycles. The molecular weight excluding hydrogens is 505 g/mol. The SMILES string of the molecule is CCNC(=NCC(C)N1CCC(C)CC1)NCC(O)c1ccc(OC(F)F)cc1.I. The second-order valence-corrected chi connectivity index (χ2v) is 7.63. The van der Waals surface area contributed by atoms with Gasteiger partial charge in [-0.3, -0.25) is 9.89 Å². The van der Waals surface area contributed by atoms with E-state index in [2.05, 4.69) is 39.1 Å². The van der Waals surface area contributed by atoms with E-state index in [1.165, 1.54) is 25.0 Å². The van der Waals surface area contributed by atoms with E-state index >= 15 is 0 Å². The van der Waals surface area contributed by atoms with Crippen LogP contribution in [-0.2, 0) is 0 Å². The Balaban J connectivity index is 0.00000450. The number of hydrogen-bond donors (Lipinski definition) is 3. The van der Waals surface area contributed by atoms with Gasteiger partial charge < -0.3 is 20.5 Å². The van der Waals surface area contributed by atoms with Crippen LogP contribution in [0, 0.1) is 5.92 Å². The summed E-state index contributed by atoms with van der Waals surface area (Å²) in [5.41, 5.74) is 0.616. The molecule has 9 heteroatoms. The number of aliphatic hydroxyl groups is 1. The number of guanidine groups is 1. The van der Waals surface area contributed by atoms with Gasteiger partial charge in [0.25, 0.3) is 0 Å². The maximum Gasteiger partial charge on any atom is 0.387 e. The highest BCUT2D eigenvalue weighted by atomic mass is 127. The summed E-state index contributed by atoms with van der Waals surface area (Å²) in [6.45, 7) is 7.52. The van der Waals surface area contributed by atoms with Crippen LogP contribution in [0.1, 0.15) is 45.3 Å². The van der Waals surface area contributed by atoms with Crippen molar-refractivity contribution in [3.05, 3.63) is 29.8 Å². The lowest BCUT2D eigenvalue weighted by Crippen LogP contribution is -2.43. The molecule has 0 spiro atoms. The fraction of sp³-hybridized carbons (Fsp3) is 0.667. The van der Waals surface area contributed by atoms with Gasteiger partial charge in [-0.25, -0.2) is 0 Å². The van der Waals surface area contributed by atoms with Gasteiger partial charge in [0, 0.05) is 19.1 Å². The summed E-state index contributed by atoms with van der Waals surface area (Å²) in [6, 6.07) is 6.36. The fourth-order valence-electron chi connectivity index (χ4n) is 3.33. The number of aliphatic hydroxyl groups excluding tert-OH is 1. The number of nitrogens with zero attached hydrogens (tertiary/aromatic N) is 2. The Morgan fingerprint density at radius 1 is 1.23 bits per heavy atom. The lowest BCUT2D eigenvalue weighted by Gasteiger charge is -2.34. The molecule has 2 rings (SSSR count). The van der Waals surface area contributed by atoms with Gasteiger partial charge in [-0.2, -0.15) is 8.78 Å². The van der Waals surface area contributed by atoms with Crippen LogP contribution in [-0.4, -0.2) is 61.3 Å². The van der Waals surface area contributed by atoms with Gasteiger partial charge in [0.05, 0.1) is 12.6 Å². The third-order valence-electron chi connectivity index (χ3n) is 5.25. The molecular formula is C21H35F2IN4O2. The molecule has 1 saturated heterocycles. The van der Waals surface area contributed by atoms with Crippen LogP contribution < -0.4 is 15.4 Å². The van der Waals surface area contributed by atoms with Crippen LogP contribution in [0.3, 0.4) is 0 Å². The number of piperidine rings is 1. The van der Waals surface area contributed by atoms with Crippen molar-refractivity contribution in [1.29, 1.82) is 0 Å². The molecule has 2 unspecified atom stereocenters. The van der Waals surface area contributed by atoms with E-state index in [1.54, 1.807) is 12.1 Å². The van der Waals surface area contributed by atoms with Crippen LogP contribution in [0.5, 0.6) is 5.75 Å². The lowest BCUT2D eigenvalue weighted by atomic mass is 9.98. The number of benzene rings is 1. The van der Waals surface area contributed by atoms with Gasteiger partial charge in [-0.15, -0.1) is 24.0 Å². The van der Waals surface area contributed by atoms with Gasteiger partial charge in [0.15, 0.2) is 5.96 Å². The molecule has 0 bridgehead atoms. The Hall–Kier alpha value is -1.20. The second kappa shape index (κ2) is 14.0. The third kappa shape index (κ3) is 9.30. The van der Waals surface area contributed by atoms with E-state index in [0.717, 1.165) is 25.6 Å².